The molecule has 2 unspecified atom stereocenters. The molecule has 1 amide bonds. The van der Waals surface area contributed by atoms with Gasteiger partial charge in [0.25, 0.3) is 0 Å². The van der Waals surface area contributed by atoms with E-state index >= 15 is 0 Å². The lowest BCUT2D eigenvalue weighted by Gasteiger charge is -2.27. The van der Waals surface area contributed by atoms with Crippen LogP contribution in [-0.4, -0.2) is 51.3 Å². The Morgan fingerprint density at radius 1 is 1.13 bits per heavy atom. The minimum Gasteiger partial charge on any atom is -0.497 e. The molecule has 7 nitrogen and oxygen atoms in total. The third kappa shape index (κ3) is 4.71. The molecule has 0 aliphatic carbocycles. The highest BCUT2D eigenvalue weighted by molar-refractivity contribution is 5.78. The second-order valence-electron chi connectivity index (χ2n) is 7.93. The summed E-state index contributed by atoms with van der Waals surface area (Å²) in [5.41, 5.74) is 2.08. The maximum absolute atomic E-state index is 12.8. The molecule has 0 radical (unpaired) electrons. The highest BCUT2D eigenvalue weighted by atomic mass is 16.6. The van der Waals surface area contributed by atoms with Crippen molar-refractivity contribution in [3.05, 3.63) is 47.5 Å². The van der Waals surface area contributed by atoms with Crippen LogP contribution in [0.3, 0.4) is 0 Å². The van der Waals surface area contributed by atoms with Gasteiger partial charge in [-0.2, -0.15) is 0 Å². The summed E-state index contributed by atoms with van der Waals surface area (Å²) >= 11 is 0. The van der Waals surface area contributed by atoms with E-state index in [1.807, 2.05) is 43.3 Å². The predicted octanol–water partition coefficient (Wildman–Crippen LogP) is 3.49. The predicted molar refractivity (Wildman–Crippen MR) is 117 cm³/mol. The number of fused-ring (bicyclic) bond motifs is 1. The number of likely N-dealkylation sites (tertiary alicyclic amines) is 1. The zero-order chi connectivity index (χ0) is 21.8. The Labute approximate surface area is 183 Å². The van der Waals surface area contributed by atoms with Gasteiger partial charge in [-0.25, -0.2) is 0 Å². The third-order valence-corrected chi connectivity index (χ3v) is 5.95. The molecule has 2 aliphatic heterocycles. The van der Waals surface area contributed by atoms with Gasteiger partial charge in [-0.3, -0.25) is 9.69 Å². The van der Waals surface area contributed by atoms with E-state index < -0.39 is 0 Å². The van der Waals surface area contributed by atoms with Crippen molar-refractivity contribution in [2.24, 2.45) is 0 Å². The van der Waals surface area contributed by atoms with E-state index in [4.69, 9.17) is 18.9 Å². The number of hydrogen-bond acceptors (Lipinski definition) is 6. The molecule has 0 spiro atoms. The largest absolute Gasteiger partial charge is 0.497 e. The van der Waals surface area contributed by atoms with Gasteiger partial charge < -0.3 is 24.3 Å². The zero-order valence-corrected chi connectivity index (χ0v) is 18.3. The first-order valence-corrected chi connectivity index (χ1v) is 10.7. The van der Waals surface area contributed by atoms with Crippen LogP contribution in [0.2, 0.25) is 0 Å². The number of nitrogens with zero attached hydrogens (tertiary/aromatic N) is 1. The Balaban J connectivity index is 1.41. The van der Waals surface area contributed by atoms with Crippen LogP contribution in [0, 0.1) is 0 Å². The fourth-order valence-electron chi connectivity index (χ4n) is 4.35. The third-order valence-electron chi connectivity index (χ3n) is 5.95. The van der Waals surface area contributed by atoms with E-state index in [2.05, 4.69) is 10.2 Å². The highest BCUT2D eigenvalue weighted by Gasteiger charge is 2.30. The molecule has 2 aliphatic rings. The van der Waals surface area contributed by atoms with Gasteiger partial charge in [0.1, 0.15) is 24.7 Å². The quantitative estimate of drug-likeness (QED) is 0.731. The van der Waals surface area contributed by atoms with Crippen molar-refractivity contribution in [3.8, 4) is 23.0 Å². The Morgan fingerprint density at radius 2 is 1.94 bits per heavy atom. The molecule has 4 rings (SSSR count). The molecule has 1 fully saturated rings. The Morgan fingerprint density at radius 3 is 2.71 bits per heavy atom. The minimum absolute atomic E-state index is 0.00164. The van der Waals surface area contributed by atoms with E-state index in [0.717, 1.165) is 53.5 Å². The summed E-state index contributed by atoms with van der Waals surface area (Å²) in [6, 6.07) is 11.7. The zero-order valence-electron chi connectivity index (χ0n) is 18.3. The van der Waals surface area contributed by atoms with Gasteiger partial charge in [-0.15, -0.1) is 0 Å². The van der Waals surface area contributed by atoms with Crippen LogP contribution in [0.5, 0.6) is 23.0 Å². The number of rotatable bonds is 7. The fraction of sp³-hybridized carbons (Fsp3) is 0.458. The van der Waals surface area contributed by atoms with Crippen molar-refractivity contribution in [2.75, 3.05) is 40.5 Å². The summed E-state index contributed by atoms with van der Waals surface area (Å²) in [5, 5.41) is 3.12. The number of benzene rings is 2. The first kappa shape index (κ1) is 21.3. The summed E-state index contributed by atoms with van der Waals surface area (Å²) in [4.78, 5) is 15.1. The normalized spacial score (nSPS) is 19.0. The number of nitrogens with one attached hydrogen (secondary N) is 1. The Bertz CT molecular complexity index is 932. The number of hydrogen-bond donors (Lipinski definition) is 1. The van der Waals surface area contributed by atoms with E-state index in [1.54, 1.807) is 14.2 Å². The fourth-order valence-corrected chi connectivity index (χ4v) is 4.35. The topological polar surface area (TPSA) is 69.3 Å². The molecule has 2 heterocycles. The van der Waals surface area contributed by atoms with E-state index in [1.165, 1.54) is 0 Å². The van der Waals surface area contributed by atoms with Crippen LogP contribution in [0.15, 0.2) is 36.4 Å². The van der Waals surface area contributed by atoms with Crippen molar-refractivity contribution >= 4 is 5.91 Å². The van der Waals surface area contributed by atoms with Gasteiger partial charge in [0.15, 0.2) is 11.5 Å². The van der Waals surface area contributed by atoms with Crippen LogP contribution in [0.1, 0.15) is 43.0 Å². The van der Waals surface area contributed by atoms with Crippen molar-refractivity contribution in [3.63, 3.8) is 0 Å². The van der Waals surface area contributed by atoms with Gasteiger partial charge in [-0.05, 0) is 50.1 Å². The molecule has 0 aromatic heterocycles. The van der Waals surface area contributed by atoms with Crippen LogP contribution >= 0.6 is 0 Å². The molecule has 31 heavy (non-hydrogen) atoms. The molecule has 7 heteroatoms. The van der Waals surface area contributed by atoms with Crippen LogP contribution < -0.4 is 24.3 Å². The summed E-state index contributed by atoms with van der Waals surface area (Å²) in [5.74, 6) is 3.04. The summed E-state index contributed by atoms with van der Waals surface area (Å²) in [6.07, 6.45) is 2.04. The van der Waals surface area contributed by atoms with Crippen molar-refractivity contribution in [1.82, 2.24) is 10.2 Å². The number of ether oxygens (including phenoxy) is 4. The highest BCUT2D eigenvalue weighted by Crippen LogP contribution is 2.38. The summed E-state index contributed by atoms with van der Waals surface area (Å²) in [7, 11) is 3.31. The first-order chi connectivity index (χ1) is 15.1. The van der Waals surface area contributed by atoms with E-state index in [0.29, 0.717) is 19.8 Å². The van der Waals surface area contributed by atoms with Gasteiger partial charge in [0.2, 0.25) is 5.91 Å². The van der Waals surface area contributed by atoms with Gasteiger partial charge in [0, 0.05) is 17.7 Å². The maximum Gasteiger partial charge on any atom is 0.234 e. The van der Waals surface area contributed by atoms with Crippen LogP contribution in [0.4, 0.5) is 0 Å². The molecule has 0 saturated carbocycles. The molecule has 2 aromatic carbocycles. The number of carbonyl (C=O) groups excluding carboxylic acids is 1. The molecule has 1 saturated heterocycles. The molecule has 0 bridgehead atoms. The monoisotopic (exact) mass is 426 g/mol. The molecule has 2 atom stereocenters. The molecule has 166 valence electrons. The molecular weight excluding hydrogens is 396 g/mol. The standard InChI is InChI=1S/C24H30N2O5/c1-16(17-6-9-21-23(13-17)31-12-11-30-21)25-24(27)15-26-10-4-5-20(26)19-8-7-18(28-2)14-22(19)29-3/h6-9,13-14,16,20H,4-5,10-12,15H2,1-3H3,(H,25,27). The first-order valence-electron chi connectivity index (χ1n) is 10.7. The summed E-state index contributed by atoms with van der Waals surface area (Å²) < 4.78 is 22.1. The second kappa shape index (κ2) is 9.47. The summed E-state index contributed by atoms with van der Waals surface area (Å²) in [6.45, 7) is 4.31. The van der Waals surface area contributed by atoms with Gasteiger partial charge in [0.05, 0.1) is 26.8 Å². The number of methoxy groups -OCH3 is 2. The lowest BCUT2D eigenvalue weighted by atomic mass is 10.0. The SMILES string of the molecule is COc1ccc(C2CCCN2CC(=O)NC(C)c2ccc3c(c2)OCCO3)c(OC)c1. The molecule has 1 N–H and O–H groups in total. The van der Waals surface area contributed by atoms with Crippen molar-refractivity contribution < 1.29 is 23.7 Å². The van der Waals surface area contributed by atoms with Crippen molar-refractivity contribution in [1.29, 1.82) is 0 Å². The van der Waals surface area contributed by atoms with Crippen LogP contribution in [0.25, 0.3) is 0 Å². The lowest BCUT2D eigenvalue weighted by Crippen LogP contribution is -2.38. The van der Waals surface area contributed by atoms with Crippen molar-refractivity contribution in [2.45, 2.75) is 31.8 Å². The Kier molecular flexibility index (Phi) is 6.51. The van der Waals surface area contributed by atoms with Gasteiger partial charge >= 0.3 is 0 Å². The van der Waals surface area contributed by atoms with Crippen LogP contribution in [-0.2, 0) is 4.79 Å². The average Bonchev–Trinajstić information content (AvgIpc) is 3.25. The molecule has 2 aromatic rings. The number of amides is 1. The second-order valence-corrected chi connectivity index (χ2v) is 7.93. The average molecular weight is 427 g/mol. The Hall–Kier alpha value is -2.93. The van der Waals surface area contributed by atoms with E-state index in [9.17, 15) is 4.79 Å². The minimum atomic E-state index is -0.125. The number of carbonyl (C=O) groups is 1. The lowest BCUT2D eigenvalue weighted by molar-refractivity contribution is -0.123. The molecular formula is C24H30N2O5. The smallest absolute Gasteiger partial charge is 0.234 e. The van der Waals surface area contributed by atoms with Gasteiger partial charge in [-0.1, -0.05) is 12.1 Å². The maximum atomic E-state index is 12.8. The van der Waals surface area contributed by atoms with E-state index in [-0.39, 0.29) is 18.0 Å².